The molecular formula is C16H31NO3. The quantitative estimate of drug-likeness (QED) is 0.504. The fourth-order valence-electron chi connectivity index (χ4n) is 2.52. The number of ether oxygens (including phenoxy) is 2. The first-order valence-electron chi connectivity index (χ1n) is 8.36. The van der Waals surface area contributed by atoms with E-state index < -0.39 is 6.16 Å². The van der Waals surface area contributed by atoms with Crippen LogP contribution in [0.15, 0.2) is 0 Å². The fourth-order valence-corrected chi connectivity index (χ4v) is 2.52. The van der Waals surface area contributed by atoms with E-state index in [1.54, 1.807) is 0 Å². The molecule has 1 heterocycles. The minimum atomic E-state index is -0.509. The van der Waals surface area contributed by atoms with E-state index in [9.17, 15) is 4.79 Å². The first-order chi connectivity index (χ1) is 9.76. The molecule has 2 atom stereocenters. The van der Waals surface area contributed by atoms with Crippen molar-refractivity contribution in [1.29, 1.82) is 0 Å². The summed E-state index contributed by atoms with van der Waals surface area (Å²) < 4.78 is 10.7. The molecule has 0 saturated carbocycles. The van der Waals surface area contributed by atoms with Gasteiger partial charge in [-0.3, -0.25) is 5.32 Å². The topological polar surface area (TPSA) is 47.6 Å². The Kier molecular flexibility index (Phi) is 9.46. The number of carbonyl (C=O) groups is 1. The molecule has 4 nitrogen and oxygen atoms in total. The highest BCUT2D eigenvalue weighted by Crippen LogP contribution is 2.14. The van der Waals surface area contributed by atoms with Crippen molar-refractivity contribution < 1.29 is 14.3 Å². The Morgan fingerprint density at radius 2 is 2.00 bits per heavy atom. The van der Waals surface area contributed by atoms with E-state index in [-0.39, 0.29) is 12.3 Å². The van der Waals surface area contributed by atoms with Crippen molar-refractivity contribution in [1.82, 2.24) is 5.32 Å². The predicted octanol–water partition coefficient (Wildman–Crippen LogP) is 4.38. The third kappa shape index (κ3) is 7.73. The summed E-state index contributed by atoms with van der Waals surface area (Å²) in [5.74, 6) is 0. The summed E-state index contributed by atoms with van der Waals surface area (Å²) in [4.78, 5) is 11.7. The summed E-state index contributed by atoms with van der Waals surface area (Å²) in [6, 6.07) is 0. The first-order valence-corrected chi connectivity index (χ1v) is 8.36. The molecule has 1 saturated heterocycles. The second kappa shape index (κ2) is 11.0. The van der Waals surface area contributed by atoms with Crippen molar-refractivity contribution in [2.24, 2.45) is 0 Å². The lowest BCUT2D eigenvalue weighted by atomic mass is 10.1. The van der Waals surface area contributed by atoms with Gasteiger partial charge in [-0.05, 0) is 45.1 Å². The number of nitrogens with one attached hydrogen (secondary N) is 1. The SMILES string of the molecule is CCCCCCCC(CC)OC(=O)OC1CCCCN1. The van der Waals surface area contributed by atoms with Gasteiger partial charge in [0.2, 0.25) is 0 Å². The highest BCUT2D eigenvalue weighted by Gasteiger charge is 2.20. The van der Waals surface area contributed by atoms with Crippen molar-refractivity contribution in [2.75, 3.05) is 6.54 Å². The monoisotopic (exact) mass is 285 g/mol. The van der Waals surface area contributed by atoms with Crippen LogP contribution in [-0.4, -0.2) is 25.0 Å². The van der Waals surface area contributed by atoms with Crippen molar-refractivity contribution in [2.45, 2.75) is 90.4 Å². The number of hydrogen-bond donors (Lipinski definition) is 1. The number of rotatable bonds is 9. The van der Waals surface area contributed by atoms with E-state index in [1.165, 1.54) is 25.7 Å². The number of unbranched alkanes of at least 4 members (excludes halogenated alkanes) is 4. The lowest BCUT2D eigenvalue weighted by molar-refractivity contribution is -0.0209. The van der Waals surface area contributed by atoms with Crippen molar-refractivity contribution >= 4 is 6.16 Å². The largest absolute Gasteiger partial charge is 0.510 e. The van der Waals surface area contributed by atoms with Crippen LogP contribution in [0.2, 0.25) is 0 Å². The molecule has 4 heteroatoms. The van der Waals surface area contributed by atoms with Crippen molar-refractivity contribution in [3.8, 4) is 0 Å². The summed E-state index contributed by atoms with van der Waals surface area (Å²) in [6.07, 6.45) is 10.5. The molecule has 20 heavy (non-hydrogen) atoms. The molecule has 1 fully saturated rings. The zero-order valence-corrected chi connectivity index (χ0v) is 13.2. The van der Waals surface area contributed by atoms with Gasteiger partial charge in [0.1, 0.15) is 6.10 Å². The first kappa shape index (κ1) is 17.3. The summed E-state index contributed by atoms with van der Waals surface area (Å²) in [5, 5.41) is 3.18. The summed E-state index contributed by atoms with van der Waals surface area (Å²) >= 11 is 0. The molecule has 1 aliphatic heterocycles. The van der Waals surface area contributed by atoms with E-state index in [0.29, 0.717) is 0 Å². The Morgan fingerprint density at radius 1 is 1.20 bits per heavy atom. The Morgan fingerprint density at radius 3 is 2.65 bits per heavy atom. The molecule has 1 aliphatic rings. The van der Waals surface area contributed by atoms with Crippen LogP contribution in [0, 0.1) is 0 Å². The van der Waals surface area contributed by atoms with Crippen LogP contribution in [0.25, 0.3) is 0 Å². The smallest absolute Gasteiger partial charge is 0.431 e. The van der Waals surface area contributed by atoms with Gasteiger partial charge in [0, 0.05) is 0 Å². The molecule has 0 radical (unpaired) electrons. The van der Waals surface area contributed by atoms with E-state index in [2.05, 4.69) is 19.2 Å². The standard InChI is InChI=1S/C16H31NO3/c1-3-5-6-7-8-11-14(4-2)19-16(18)20-15-12-9-10-13-17-15/h14-15,17H,3-13H2,1-2H3. The molecule has 1 rings (SSSR count). The molecule has 1 N–H and O–H groups in total. The molecule has 0 aromatic rings. The predicted molar refractivity (Wildman–Crippen MR) is 80.7 cm³/mol. The molecule has 0 bridgehead atoms. The van der Waals surface area contributed by atoms with Crippen molar-refractivity contribution in [3.63, 3.8) is 0 Å². The van der Waals surface area contributed by atoms with E-state index >= 15 is 0 Å². The Balaban J connectivity index is 2.12. The van der Waals surface area contributed by atoms with Gasteiger partial charge in [-0.2, -0.15) is 0 Å². The number of carbonyl (C=O) groups excluding carboxylic acids is 1. The molecule has 0 aromatic heterocycles. The van der Waals surface area contributed by atoms with Crippen LogP contribution < -0.4 is 5.32 Å². The highest BCUT2D eigenvalue weighted by atomic mass is 16.7. The summed E-state index contributed by atoms with van der Waals surface area (Å²) in [5.41, 5.74) is 0. The second-order valence-electron chi connectivity index (χ2n) is 5.66. The molecule has 118 valence electrons. The molecular weight excluding hydrogens is 254 g/mol. The molecule has 2 unspecified atom stereocenters. The lowest BCUT2D eigenvalue weighted by Gasteiger charge is -2.24. The molecule has 0 aromatic carbocycles. The average Bonchev–Trinajstić information content (AvgIpc) is 2.46. The summed E-state index contributed by atoms with van der Waals surface area (Å²) in [7, 11) is 0. The summed E-state index contributed by atoms with van der Waals surface area (Å²) in [6.45, 7) is 5.20. The van der Waals surface area contributed by atoms with Gasteiger partial charge in [0.15, 0.2) is 6.23 Å². The van der Waals surface area contributed by atoms with Gasteiger partial charge in [-0.1, -0.05) is 39.5 Å². The fraction of sp³-hybridized carbons (Fsp3) is 0.938. The van der Waals surface area contributed by atoms with Crippen LogP contribution in [-0.2, 0) is 9.47 Å². The van der Waals surface area contributed by atoms with Gasteiger partial charge in [-0.25, -0.2) is 4.79 Å². The van der Waals surface area contributed by atoms with Gasteiger partial charge in [-0.15, -0.1) is 0 Å². The van der Waals surface area contributed by atoms with E-state index in [0.717, 1.165) is 45.1 Å². The van der Waals surface area contributed by atoms with Gasteiger partial charge in [0.05, 0.1) is 0 Å². The lowest BCUT2D eigenvalue weighted by Crippen LogP contribution is -2.38. The van der Waals surface area contributed by atoms with Gasteiger partial charge in [0.25, 0.3) is 0 Å². The highest BCUT2D eigenvalue weighted by molar-refractivity contribution is 5.60. The number of hydrogen-bond acceptors (Lipinski definition) is 4. The van der Waals surface area contributed by atoms with Crippen LogP contribution >= 0.6 is 0 Å². The molecule has 0 amide bonds. The molecule has 0 spiro atoms. The minimum absolute atomic E-state index is 0.00715. The zero-order chi connectivity index (χ0) is 14.6. The second-order valence-corrected chi connectivity index (χ2v) is 5.66. The van der Waals surface area contributed by atoms with Crippen molar-refractivity contribution in [3.05, 3.63) is 0 Å². The Labute approximate surface area is 123 Å². The molecule has 0 aliphatic carbocycles. The Bertz CT molecular complexity index is 252. The van der Waals surface area contributed by atoms with E-state index in [1.807, 2.05) is 0 Å². The average molecular weight is 285 g/mol. The third-order valence-electron chi connectivity index (χ3n) is 3.85. The maximum atomic E-state index is 11.7. The normalized spacial score (nSPS) is 20.4. The maximum Gasteiger partial charge on any atom is 0.510 e. The van der Waals surface area contributed by atoms with Gasteiger partial charge < -0.3 is 9.47 Å². The van der Waals surface area contributed by atoms with Crippen LogP contribution in [0.1, 0.15) is 78.1 Å². The van der Waals surface area contributed by atoms with Crippen LogP contribution in [0.4, 0.5) is 4.79 Å². The Hall–Kier alpha value is -0.770. The van der Waals surface area contributed by atoms with Gasteiger partial charge >= 0.3 is 6.16 Å². The van der Waals surface area contributed by atoms with Crippen LogP contribution in [0.3, 0.4) is 0 Å². The third-order valence-corrected chi connectivity index (χ3v) is 3.85. The zero-order valence-electron chi connectivity index (χ0n) is 13.2. The number of piperidine rings is 1. The van der Waals surface area contributed by atoms with E-state index in [4.69, 9.17) is 9.47 Å². The minimum Gasteiger partial charge on any atom is -0.431 e. The maximum absolute atomic E-state index is 11.7. The van der Waals surface area contributed by atoms with Crippen LogP contribution in [0.5, 0.6) is 0 Å².